The summed E-state index contributed by atoms with van der Waals surface area (Å²) in [6.45, 7) is 2.08. The molecule has 0 saturated heterocycles. The van der Waals surface area contributed by atoms with Crippen molar-refractivity contribution in [1.82, 2.24) is 20.6 Å². The van der Waals surface area contributed by atoms with Gasteiger partial charge in [0.05, 0.1) is 17.2 Å². The first-order chi connectivity index (χ1) is 11.6. The predicted octanol–water partition coefficient (Wildman–Crippen LogP) is 1.08. The van der Waals surface area contributed by atoms with E-state index in [1.807, 2.05) is 0 Å². The Bertz CT molecular complexity index is 960. The Morgan fingerprint density at radius 2 is 1.83 bits per heavy atom. The number of rotatable bonds is 3. The van der Waals surface area contributed by atoms with Gasteiger partial charge in [0.15, 0.2) is 5.69 Å². The number of nitrogens with one attached hydrogen (secondary N) is 2. The van der Waals surface area contributed by atoms with Crippen LogP contribution in [0.4, 0.5) is 0 Å². The molecule has 2 amide bonds. The molecule has 3 aromatic rings. The lowest BCUT2D eigenvalue weighted by molar-refractivity contribution is 0.0843. The van der Waals surface area contributed by atoms with Gasteiger partial charge < -0.3 is 4.42 Å². The Labute approximate surface area is 136 Å². The van der Waals surface area contributed by atoms with E-state index in [1.54, 1.807) is 31.2 Å². The Morgan fingerprint density at radius 1 is 1.12 bits per heavy atom. The van der Waals surface area contributed by atoms with E-state index in [0.29, 0.717) is 17.3 Å². The van der Waals surface area contributed by atoms with E-state index in [4.69, 9.17) is 4.42 Å². The van der Waals surface area contributed by atoms with Gasteiger partial charge in [-0.05, 0) is 19.1 Å². The molecule has 0 aliphatic heterocycles. The number of hydrogen-bond acceptors (Lipinski definition) is 5. The first kappa shape index (κ1) is 15.5. The van der Waals surface area contributed by atoms with Crippen LogP contribution in [-0.4, -0.2) is 21.6 Å². The summed E-state index contributed by atoms with van der Waals surface area (Å²) in [4.78, 5) is 36.5. The van der Waals surface area contributed by atoms with Crippen molar-refractivity contribution in [1.29, 1.82) is 0 Å². The summed E-state index contributed by atoms with van der Waals surface area (Å²) < 4.78 is 6.01. The molecule has 8 nitrogen and oxygen atoms in total. The summed E-state index contributed by atoms with van der Waals surface area (Å²) in [5.41, 5.74) is 4.62. The molecule has 2 N–H and O–H groups in total. The van der Waals surface area contributed by atoms with Crippen LogP contribution in [0.15, 0.2) is 52.1 Å². The molecule has 8 heteroatoms. The molecule has 2 heterocycles. The molecule has 2 aromatic heterocycles. The number of hydrazine groups is 1. The summed E-state index contributed by atoms with van der Waals surface area (Å²) in [5, 5.41) is 4.89. The Hall–Kier alpha value is -3.42. The van der Waals surface area contributed by atoms with Crippen LogP contribution in [-0.2, 0) is 6.54 Å². The van der Waals surface area contributed by atoms with E-state index in [1.165, 1.54) is 23.3 Å². The van der Waals surface area contributed by atoms with Gasteiger partial charge in [-0.15, -0.1) is 0 Å². The largest absolute Gasteiger partial charge is 0.472 e. The number of hydrogen-bond donors (Lipinski definition) is 2. The first-order valence-corrected chi connectivity index (χ1v) is 7.24. The first-order valence-electron chi connectivity index (χ1n) is 7.24. The molecule has 122 valence electrons. The lowest BCUT2D eigenvalue weighted by atomic mass is 10.1. The Balaban J connectivity index is 1.91. The van der Waals surface area contributed by atoms with Crippen molar-refractivity contribution in [3.8, 4) is 0 Å². The Kier molecular flexibility index (Phi) is 4.11. The van der Waals surface area contributed by atoms with E-state index < -0.39 is 11.8 Å². The lowest BCUT2D eigenvalue weighted by Crippen LogP contribution is -2.42. The molecule has 0 bridgehead atoms. The van der Waals surface area contributed by atoms with E-state index >= 15 is 0 Å². The van der Waals surface area contributed by atoms with Gasteiger partial charge in [0.1, 0.15) is 6.26 Å². The SMILES string of the molecule is CCn1nc(C(=O)NNC(=O)c2ccoc2)c2ccccc2c1=O. The van der Waals surface area contributed by atoms with Gasteiger partial charge in [0.2, 0.25) is 0 Å². The van der Waals surface area contributed by atoms with Crippen molar-refractivity contribution in [2.45, 2.75) is 13.5 Å². The summed E-state index contributed by atoms with van der Waals surface area (Å²) in [5.74, 6) is -1.14. The lowest BCUT2D eigenvalue weighted by Gasteiger charge is -2.10. The minimum absolute atomic E-state index is 0.0551. The number of aryl methyl sites for hydroxylation is 1. The van der Waals surface area contributed by atoms with Crippen molar-refractivity contribution < 1.29 is 14.0 Å². The minimum atomic E-state index is -0.620. The molecule has 0 aliphatic rings. The van der Waals surface area contributed by atoms with Crippen LogP contribution in [0.5, 0.6) is 0 Å². The van der Waals surface area contributed by atoms with Crippen LogP contribution >= 0.6 is 0 Å². The van der Waals surface area contributed by atoms with Crippen molar-refractivity contribution in [3.63, 3.8) is 0 Å². The van der Waals surface area contributed by atoms with Crippen LogP contribution in [0.1, 0.15) is 27.8 Å². The molecule has 0 radical (unpaired) electrons. The van der Waals surface area contributed by atoms with E-state index in [2.05, 4.69) is 16.0 Å². The van der Waals surface area contributed by atoms with Gasteiger partial charge in [-0.2, -0.15) is 5.10 Å². The predicted molar refractivity (Wildman–Crippen MR) is 85.3 cm³/mol. The highest BCUT2D eigenvalue weighted by atomic mass is 16.3. The van der Waals surface area contributed by atoms with Crippen LogP contribution < -0.4 is 16.4 Å². The maximum absolute atomic E-state index is 12.4. The summed E-state index contributed by atoms with van der Waals surface area (Å²) >= 11 is 0. The second kappa shape index (κ2) is 6.37. The summed E-state index contributed by atoms with van der Waals surface area (Å²) in [7, 11) is 0. The molecule has 1 aromatic carbocycles. The third-order valence-corrected chi connectivity index (χ3v) is 3.46. The molecule has 0 spiro atoms. The zero-order valence-corrected chi connectivity index (χ0v) is 12.8. The molecular formula is C16H14N4O4. The highest BCUT2D eigenvalue weighted by Gasteiger charge is 2.17. The third kappa shape index (κ3) is 2.76. The maximum Gasteiger partial charge on any atom is 0.290 e. The summed E-state index contributed by atoms with van der Waals surface area (Å²) in [6, 6.07) is 8.15. The monoisotopic (exact) mass is 326 g/mol. The highest BCUT2D eigenvalue weighted by Crippen LogP contribution is 2.13. The highest BCUT2D eigenvalue weighted by molar-refractivity contribution is 6.05. The summed E-state index contributed by atoms with van der Waals surface area (Å²) in [6.07, 6.45) is 2.61. The van der Waals surface area contributed by atoms with Gasteiger partial charge in [0, 0.05) is 11.9 Å². The third-order valence-electron chi connectivity index (χ3n) is 3.46. The maximum atomic E-state index is 12.4. The quantitative estimate of drug-likeness (QED) is 0.701. The average Bonchev–Trinajstić information content (AvgIpc) is 3.15. The smallest absolute Gasteiger partial charge is 0.290 e. The minimum Gasteiger partial charge on any atom is -0.472 e. The average molecular weight is 326 g/mol. The molecular weight excluding hydrogens is 312 g/mol. The van der Waals surface area contributed by atoms with Crippen LogP contribution in [0.3, 0.4) is 0 Å². The van der Waals surface area contributed by atoms with Gasteiger partial charge in [0.25, 0.3) is 17.4 Å². The zero-order valence-electron chi connectivity index (χ0n) is 12.8. The van der Waals surface area contributed by atoms with Gasteiger partial charge in [-0.1, -0.05) is 18.2 Å². The molecule has 24 heavy (non-hydrogen) atoms. The van der Waals surface area contributed by atoms with Crippen molar-refractivity contribution in [2.75, 3.05) is 0 Å². The fourth-order valence-electron chi connectivity index (χ4n) is 2.26. The number of fused-ring (bicyclic) bond motifs is 1. The van der Waals surface area contributed by atoms with Crippen LogP contribution in [0.25, 0.3) is 10.8 Å². The van der Waals surface area contributed by atoms with E-state index in [9.17, 15) is 14.4 Å². The Morgan fingerprint density at radius 3 is 2.50 bits per heavy atom. The fraction of sp³-hybridized carbons (Fsp3) is 0.125. The van der Waals surface area contributed by atoms with E-state index in [-0.39, 0.29) is 16.8 Å². The second-order valence-corrected chi connectivity index (χ2v) is 4.94. The normalized spacial score (nSPS) is 10.5. The number of aromatic nitrogens is 2. The molecule has 3 rings (SSSR count). The number of carbonyl (C=O) groups is 2. The zero-order chi connectivity index (χ0) is 17.1. The second-order valence-electron chi connectivity index (χ2n) is 4.94. The molecule has 0 unspecified atom stereocenters. The number of carbonyl (C=O) groups excluding carboxylic acids is 2. The molecule has 0 fully saturated rings. The molecule has 0 atom stereocenters. The standard InChI is InChI=1S/C16H14N4O4/c1-2-20-16(23)12-6-4-3-5-11(12)13(19-20)15(22)18-17-14(21)10-7-8-24-9-10/h3-9H,2H2,1H3,(H,17,21)(H,18,22). The molecule has 0 saturated carbocycles. The number of furan rings is 1. The van der Waals surface area contributed by atoms with Crippen LogP contribution in [0, 0.1) is 0 Å². The van der Waals surface area contributed by atoms with Crippen molar-refractivity contribution in [2.24, 2.45) is 0 Å². The van der Waals surface area contributed by atoms with E-state index in [0.717, 1.165) is 0 Å². The van der Waals surface area contributed by atoms with Gasteiger partial charge in [-0.3, -0.25) is 25.2 Å². The number of amides is 2. The van der Waals surface area contributed by atoms with Crippen LogP contribution in [0.2, 0.25) is 0 Å². The molecule has 0 aliphatic carbocycles. The number of nitrogens with zero attached hydrogens (tertiary/aromatic N) is 2. The number of benzene rings is 1. The van der Waals surface area contributed by atoms with Gasteiger partial charge in [-0.25, -0.2) is 4.68 Å². The van der Waals surface area contributed by atoms with Crippen molar-refractivity contribution >= 4 is 22.6 Å². The fourth-order valence-corrected chi connectivity index (χ4v) is 2.26. The van der Waals surface area contributed by atoms with Crippen molar-refractivity contribution in [3.05, 3.63) is 64.5 Å². The topological polar surface area (TPSA) is 106 Å². The van der Waals surface area contributed by atoms with Gasteiger partial charge >= 0.3 is 0 Å².